The van der Waals surface area contributed by atoms with E-state index in [0.29, 0.717) is 0 Å². The lowest BCUT2D eigenvalue weighted by molar-refractivity contribution is -0.122. The zero-order valence-electron chi connectivity index (χ0n) is 10.7. The molecule has 0 aromatic heterocycles. The van der Waals surface area contributed by atoms with Crippen molar-refractivity contribution in [1.29, 1.82) is 0 Å². The van der Waals surface area contributed by atoms with Crippen LogP contribution in [0.3, 0.4) is 0 Å². The number of thioether (sulfide) groups is 1. The van der Waals surface area contributed by atoms with E-state index in [4.69, 9.17) is 5.73 Å². The Morgan fingerprint density at radius 2 is 1.94 bits per heavy atom. The summed E-state index contributed by atoms with van der Waals surface area (Å²) in [5.41, 5.74) is 5.85. The molecule has 3 N–H and O–H groups in total. The van der Waals surface area contributed by atoms with Crippen molar-refractivity contribution in [3.8, 4) is 0 Å². The average molecular weight is 256 g/mol. The lowest BCUT2D eigenvalue weighted by atomic mass is 9.98. The second kappa shape index (κ2) is 6.10. The highest BCUT2D eigenvalue weighted by Gasteiger charge is 2.41. The molecule has 2 aliphatic rings. The Bertz CT molecular complexity index is 252. The van der Waals surface area contributed by atoms with Gasteiger partial charge in [-0.25, -0.2) is 0 Å². The van der Waals surface area contributed by atoms with E-state index in [1.165, 1.54) is 25.7 Å². The van der Waals surface area contributed by atoms with Gasteiger partial charge < -0.3 is 11.1 Å². The first-order valence-corrected chi connectivity index (χ1v) is 8.14. The van der Waals surface area contributed by atoms with E-state index in [2.05, 4.69) is 5.32 Å². The monoisotopic (exact) mass is 256 g/mol. The van der Waals surface area contributed by atoms with Crippen molar-refractivity contribution in [2.45, 2.75) is 38.1 Å². The van der Waals surface area contributed by atoms with E-state index in [-0.39, 0.29) is 11.9 Å². The van der Waals surface area contributed by atoms with Gasteiger partial charge in [-0.2, -0.15) is 11.8 Å². The number of nitrogens with two attached hydrogens (primary N) is 1. The summed E-state index contributed by atoms with van der Waals surface area (Å²) in [7, 11) is 0. The third kappa shape index (κ3) is 4.18. The van der Waals surface area contributed by atoms with Crippen LogP contribution < -0.4 is 11.1 Å². The lowest BCUT2D eigenvalue weighted by Crippen LogP contribution is -2.43. The number of nitrogens with one attached hydrogen (secondary N) is 1. The molecule has 0 heterocycles. The topological polar surface area (TPSA) is 55.1 Å². The molecule has 0 unspecified atom stereocenters. The van der Waals surface area contributed by atoms with E-state index in [0.717, 1.165) is 36.5 Å². The van der Waals surface area contributed by atoms with Crippen LogP contribution >= 0.6 is 11.8 Å². The third-order valence-corrected chi connectivity index (χ3v) is 4.58. The van der Waals surface area contributed by atoms with Crippen molar-refractivity contribution in [2.75, 3.05) is 18.6 Å². The molecule has 2 rings (SSSR count). The second-order valence-electron chi connectivity index (χ2n) is 5.47. The Kier molecular flexibility index (Phi) is 4.74. The molecule has 98 valence electrons. The fraction of sp³-hybridized carbons (Fsp3) is 0.923. The number of hydrogen-bond acceptors (Lipinski definition) is 3. The highest BCUT2D eigenvalue weighted by atomic mass is 32.2. The van der Waals surface area contributed by atoms with E-state index < -0.39 is 0 Å². The normalized spacial score (nSPS) is 21.6. The number of carbonyl (C=O) groups is 1. The summed E-state index contributed by atoms with van der Waals surface area (Å²) in [6.07, 6.45) is 8.31. The molecule has 2 aliphatic carbocycles. The number of amides is 1. The number of carbonyl (C=O) groups excluding carboxylic acids is 1. The minimum atomic E-state index is -0.318. The summed E-state index contributed by atoms with van der Waals surface area (Å²) in [5, 5.41) is 3.06. The van der Waals surface area contributed by atoms with Crippen molar-refractivity contribution in [3.05, 3.63) is 0 Å². The van der Waals surface area contributed by atoms with Crippen LogP contribution in [0, 0.1) is 17.8 Å². The van der Waals surface area contributed by atoms with Crippen LogP contribution in [0.25, 0.3) is 0 Å². The Hall–Kier alpha value is -0.220. The molecule has 0 bridgehead atoms. The molecule has 4 heteroatoms. The quantitative estimate of drug-likeness (QED) is 0.694. The molecule has 0 aromatic rings. The molecule has 1 atom stereocenters. The van der Waals surface area contributed by atoms with Gasteiger partial charge in [-0.3, -0.25) is 4.79 Å². The van der Waals surface area contributed by atoms with Crippen molar-refractivity contribution in [1.82, 2.24) is 5.32 Å². The van der Waals surface area contributed by atoms with Gasteiger partial charge in [0.05, 0.1) is 6.04 Å². The number of rotatable bonds is 8. The fourth-order valence-electron chi connectivity index (χ4n) is 2.49. The van der Waals surface area contributed by atoms with Gasteiger partial charge in [0.2, 0.25) is 5.91 Å². The van der Waals surface area contributed by atoms with Crippen LogP contribution in [0.2, 0.25) is 0 Å². The molecule has 17 heavy (non-hydrogen) atoms. The van der Waals surface area contributed by atoms with Gasteiger partial charge in [-0.1, -0.05) is 0 Å². The zero-order chi connectivity index (χ0) is 12.3. The minimum absolute atomic E-state index is 0.0466. The summed E-state index contributed by atoms with van der Waals surface area (Å²) in [5.74, 6) is 3.54. The summed E-state index contributed by atoms with van der Waals surface area (Å²) in [6, 6.07) is -0.318. The number of hydrogen-bond donors (Lipinski definition) is 2. The predicted molar refractivity (Wildman–Crippen MR) is 72.9 cm³/mol. The maximum Gasteiger partial charge on any atom is 0.236 e. The minimum Gasteiger partial charge on any atom is -0.354 e. The highest BCUT2D eigenvalue weighted by molar-refractivity contribution is 7.98. The summed E-state index contributed by atoms with van der Waals surface area (Å²) in [4.78, 5) is 11.8. The molecule has 3 nitrogen and oxygen atoms in total. The van der Waals surface area contributed by atoms with Gasteiger partial charge in [-0.05, 0) is 61.9 Å². The Balaban J connectivity index is 1.67. The molecule has 0 radical (unpaired) electrons. The highest BCUT2D eigenvalue weighted by Crippen LogP contribution is 2.48. The van der Waals surface area contributed by atoms with Gasteiger partial charge in [0.15, 0.2) is 0 Å². The molecule has 2 saturated carbocycles. The SMILES string of the molecule is CSCC[C@@H](N)C(=O)NCC(C1CC1)C1CC1. The molecule has 0 aromatic carbocycles. The van der Waals surface area contributed by atoms with Crippen molar-refractivity contribution in [3.63, 3.8) is 0 Å². The van der Waals surface area contributed by atoms with E-state index in [1.54, 1.807) is 11.8 Å². The fourth-order valence-corrected chi connectivity index (χ4v) is 2.98. The van der Waals surface area contributed by atoms with Gasteiger partial charge in [-0.15, -0.1) is 0 Å². The first-order chi connectivity index (χ1) is 8.22. The Morgan fingerprint density at radius 3 is 2.41 bits per heavy atom. The maximum atomic E-state index is 11.8. The molecular formula is C13H24N2OS. The predicted octanol–water partition coefficient (Wildman–Crippen LogP) is 1.62. The summed E-state index contributed by atoms with van der Waals surface area (Å²) < 4.78 is 0. The summed E-state index contributed by atoms with van der Waals surface area (Å²) in [6.45, 7) is 0.862. The van der Waals surface area contributed by atoms with Gasteiger partial charge in [0.25, 0.3) is 0 Å². The molecule has 0 aliphatic heterocycles. The lowest BCUT2D eigenvalue weighted by Gasteiger charge is -2.18. The molecule has 0 spiro atoms. The van der Waals surface area contributed by atoms with E-state index >= 15 is 0 Å². The van der Waals surface area contributed by atoms with Crippen molar-refractivity contribution >= 4 is 17.7 Å². The molecule has 1 amide bonds. The van der Waals surface area contributed by atoms with Gasteiger partial charge in [0, 0.05) is 6.54 Å². The maximum absolute atomic E-state index is 11.8. The van der Waals surface area contributed by atoms with Gasteiger partial charge >= 0.3 is 0 Å². The van der Waals surface area contributed by atoms with Crippen LogP contribution in [0.5, 0.6) is 0 Å². The Morgan fingerprint density at radius 1 is 1.35 bits per heavy atom. The van der Waals surface area contributed by atoms with Crippen LogP contribution in [0.4, 0.5) is 0 Å². The van der Waals surface area contributed by atoms with Crippen LogP contribution in [-0.4, -0.2) is 30.5 Å². The van der Waals surface area contributed by atoms with E-state index in [1.807, 2.05) is 6.26 Å². The summed E-state index contributed by atoms with van der Waals surface area (Å²) >= 11 is 1.74. The first-order valence-electron chi connectivity index (χ1n) is 6.74. The van der Waals surface area contributed by atoms with Crippen LogP contribution in [-0.2, 0) is 4.79 Å². The van der Waals surface area contributed by atoms with Gasteiger partial charge in [0.1, 0.15) is 0 Å². The van der Waals surface area contributed by atoms with Crippen molar-refractivity contribution in [2.24, 2.45) is 23.5 Å². The average Bonchev–Trinajstić information content (AvgIpc) is 3.15. The third-order valence-electron chi connectivity index (χ3n) is 3.94. The van der Waals surface area contributed by atoms with Crippen LogP contribution in [0.15, 0.2) is 0 Å². The molecule has 0 saturated heterocycles. The molecule has 2 fully saturated rings. The largest absolute Gasteiger partial charge is 0.354 e. The first kappa shape index (κ1) is 13.2. The smallest absolute Gasteiger partial charge is 0.236 e. The van der Waals surface area contributed by atoms with E-state index in [9.17, 15) is 4.79 Å². The molecular weight excluding hydrogens is 232 g/mol. The second-order valence-corrected chi connectivity index (χ2v) is 6.46. The van der Waals surface area contributed by atoms with Crippen molar-refractivity contribution < 1.29 is 4.79 Å². The zero-order valence-corrected chi connectivity index (χ0v) is 11.5. The standard InChI is InChI=1S/C13H24N2OS/c1-17-7-6-12(14)13(16)15-8-11(9-2-3-9)10-4-5-10/h9-12H,2-8,14H2,1H3,(H,15,16)/t12-/m1/s1. The van der Waals surface area contributed by atoms with Crippen LogP contribution in [0.1, 0.15) is 32.1 Å². The Labute approximate surface area is 108 Å².